The summed E-state index contributed by atoms with van der Waals surface area (Å²) in [6, 6.07) is 10.5. The largest absolute Gasteiger partial charge is 0.326 e. The average molecular weight is 266 g/mol. The van der Waals surface area contributed by atoms with E-state index in [0.29, 0.717) is 6.04 Å². The Hall–Kier alpha value is -2.36. The van der Waals surface area contributed by atoms with E-state index in [-0.39, 0.29) is 0 Å². The van der Waals surface area contributed by atoms with Gasteiger partial charge in [0.25, 0.3) is 0 Å². The van der Waals surface area contributed by atoms with E-state index >= 15 is 0 Å². The third-order valence-electron chi connectivity index (χ3n) is 3.27. The Morgan fingerprint density at radius 3 is 2.85 bits per heavy atom. The number of imidazole rings is 1. The first-order valence-electron chi connectivity index (χ1n) is 6.81. The maximum absolute atomic E-state index is 4.54. The summed E-state index contributed by atoms with van der Waals surface area (Å²) in [6.07, 6.45) is 3.87. The Bertz CT molecular complexity index is 743. The number of anilines is 2. The average Bonchev–Trinajstić information content (AvgIpc) is 2.80. The van der Waals surface area contributed by atoms with E-state index in [9.17, 15) is 0 Å². The molecule has 3 aromatic rings. The van der Waals surface area contributed by atoms with Crippen LogP contribution in [0, 0.1) is 6.92 Å². The molecule has 2 heterocycles. The van der Waals surface area contributed by atoms with Gasteiger partial charge in [0.1, 0.15) is 0 Å². The molecule has 0 aliphatic rings. The van der Waals surface area contributed by atoms with Crippen LogP contribution in [0.15, 0.2) is 42.7 Å². The fourth-order valence-electron chi connectivity index (χ4n) is 2.28. The van der Waals surface area contributed by atoms with Gasteiger partial charge in [-0.15, -0.1) is 0 Å². The van der Waals surface area contributed by atoms with Crippen molar-refractivity contribution >= 4 is 22.5 Å². The molecule has 0 radical (unpaired) electrons. The smallest absolute Gasteiger partial charge is 0.207 e. The molecule has 0 aliphatic carbocycles. The number of nitrogens with zero attached hydrogens (tertiary/aromatic N) is 3. The number of benzene rings is 1. The van der Waals surface area contributed by atoms with Crippen LogP contribution >= 0.6 is 0 Å². The number of hydrogen-bond acceptors (Lipinski definition) is 3. The summed E-state index contributed by atoms with van der Waals surface area (Å²) in [5.41, 5.74) is 3.04. The van der Waals surface area contributed by atoms with Crippen molar-refractivity contribution in [2.75, 3.05) is 5.32 Å². The third-order valence-corrected chi connectivity index (χ3v) is 3.27. The van der Waals surface area contributed by atoms with E-state index in [1.165, 1.54) is 0 Å². The van der Waals surface area contributed by atoms with E-state index < -0.39 is 0 Å². The van der Waals surface area contributed by atoms with Crippen molar-refractivity contribution < 1.29 is 0 Å². The second-order valence-electron chi connectivity index (χ2n) is 5.24. The SMILES string of the molecule is Cc1cn(C(C)C)c(Nc2ccc3ncccc3c2)n1. The first-order chi connectivity index (χ1) is 9.63. The molecule has 1 N–H and O–H groups in total. The Morgan fingerprint density at radius 2 is 2.05 bits per heavy atom. The van der Waals surface area contributed by atoms with Crippen LogP contribution in [0.5, 0.6) is 0 Å². The molecule has 0 unspecified atom stereocenters. The normalized spacial score (nSPS) is 11.2. The van der Waals surface area contributed by atoms with Gasteiger partial charge in [-0.3, -0.25) is 4.98 Å². The number of pyridine rings is 1. The van der Waals surface area contributed by atoms with Crippen LogP contribution in [0.2, 0.25) is 0 Å². The lowest BCUT2D eigenvalue weighted by Gasteiger charge is -2.13. The fourth-order valence-corrected chi connectivity index (χ4v) is 2.28. The topological polar surface area (TPSA) is 42.7 Å². The molecule has 0 saturated carbocycles. The zero-order chi connectivity index (χ0) is 14.1. The highest BCUT2D eigenvalue weighted by Gasteiger charge is 2.08. The zero-order valence-electron chi connectivity index (χ0n) is 12.0. The Labute approximate surface area is 118 Å². The van der Waals surface area contributed by atoms with Crippen LogP contribution < -0.4 is 5.32 Å². The van der Waals surface area contributed by atoms with Gasteiger partial charge in [0, 0.05) is 29.5 Å². The predicted octanol–water partition coefficient (Wildman–Crippen LogP) is 4.06. The van der Waals surface area contributed by atoms with Gasteiger partial charge in [0.05, 0.1) is 11.2 Å². The number of hydrogen-bond donors (Lipinski definition) is 1. The summed E-state index contributed by atoms with van der Waals surface area (Å²) in [4.78, 5) is 8.87. The van der Waals surface area contributed by atoms with Crippen molar-refractivity contribution in [3.05, 3.63) is 48.4 Å². The minimum atomic E-state index is 0.376. The van der Waals surface area contributed by atoms with Crippen LogP contribution in [0.1, 0.15) is 25.6 Å². The quantitative estimate of drug-likeness (QED) is 0.777. The first kappa shape index (κ1) is 12.7. The lowest BCUT2D eigenvalue weighted by molar-refractivity contribution is 0.607. The van der Waals surface area contributed by atoms with E-state index in [1.807, 2.05) is 31.3 Å². The number of aryl methyl sites for hydroxylation is 1. The molecule has 2 aromatic heterocycles. The van der Waals surface area contributed by atoms with Gasteiger partial charge >= 0.3 is 0 Å². The highest BCUT2D eigenvalue weighted by atomic mass is 15.2. The Balaban J connectivity index is 1.96. The molecule has 0 atom stereocenters. The molecule has 0 fully saturated rings. The van der Waals surface area contributed by atoms with E-state index in [0.717, 1.165) is 28.2 Å². The molecule has 4 heteroatoms. The van der Waals surface area contributed by atoms with Gasteiger partial charge in [0.2, 0.25) is 5.95 Å². The molecule has 1 aromatic carbocycles. The van der Waals surface area contributed by atoms with Crippen LogP contribution in [0.3, 0.4) is 0 Å². The van der Waals surface area contributed by atoms with Crippen molar-refractivity contribution in [1.82, 2.24) is 14.5 Å². The van der Waals surface area contributed by atoms with Gasteiger partial charge in [0.15, 0.2) is 0 Å². The molecular formula is C16H18N4. The van der Waals surface area contributed by atoms with Crippen LogP contribution in [0.25, 0.3) is 10.9 Å². The van der Waals surface area contributed by atoms with Crippen molar-refractivity contribution in [1.29, 1.82) is 0 Å². The lowest BCUT2D eigenvalue weighted by atomic mass is 10.2. The molecule has 4 nitrogen and oxygen atoms in total. The molecule has 3 rings (SSSR count). The van der Waals surface area contributed by atoms with Gasteiger partial charge in [-0.2, -0.15) is 0 Å². The van der Waals surface area contributed by atoms with Gasteiger partial charge in [-0.05, 0) is 45.0 Å². The summed E-state index contributed by atoms with van der Waals surface area (Å²) >= 11 is 0. The highest BCUT2D eigenvalue weighted by molar-refractivity contribution is 5.82. The predicted molar refractivity (Wildman–Crippen MR) is 82.4 cm³/mol. The van der Waals surface area contributed by atoms with E-state index in [1.54, 1.807) is 0 Å². The summed E-state index contributed by atoms with van der Waals surface area (Å²) in [6.45, 7) is 6.31. The van der Waals surface area contributed by atoms with Crippen molar-refractivity contribution in [2.45, 2.75) is 26.8 Å². The van der Waals surface area contributed by atoms with Crippen LogP contribution in [0.4, 0.5) is 11.6 Å². The molecule has 0 bridgehead atoms. The second kappa shape index (κ2) is 4.96. The fraction of sp³-hybridized carbons (Fsp3) is 0.250. The van der Waals surface area contributed by atoms with Gasteiger partial charge < -0.3 is 9.88 Å². The minimum Gasteiger partial charge on any atom is -0.326 e. The lowest BCUT2D eigenvalue weighted by Crippen LogP contribution is -2.05. The summed E-state index contributed by atoms with van der Waals surface area (Å²) in [7, 11) is 0. The second-order valence-corrected chi connectivity index (χ2v) is 5.24. The van der Waals surface area contributed by atoms with Crippen molar-refractivity contribution in [3.63, 3.8) is 0 Å². The van der Waals surface area contributed by atoms with Gasteiger partial charge in [-0.25, -0.2) is 4.98 Å². The number of rotatable bonds is 3. The summed E-state index contributed by atoms with van der Waals surface area (Å²) in [5.74, 6) is 0.876. The minimum absolute atomic E-state index is 0.376. The summed E-state index contributed by atoms with van der Waals surface area (Å²) < 4.78 is 2.14. The standard InChI is InChI=1S/C16H18N4/c1-11(2)20-10-12(3)18-16(20)19-14-6-7-15-13(9-14)5-4-8-17-15/h4-11H,1-3H3,(H,18,19). The van der Waals surface area contributed by atoms with Crippen LogP contribution in [-0.4, -0.2) is 14.5 Å². The third kappa shape index (κ3) is 2.37. The Kier molecular flexibility index (Phi) is 3.14. The van der Waals surface area contributed by atoms with E-state index in [4.69, 9.17) is 0 Å². The summed E-state index contributed by atoms with van der Waals surface area (Å²) in [5, 5.41) is 4.51. The highest BCUT2D eigenvalue weighted by Crippen LogP contribution is 2.23. The Morgan fingerprint density at radius 1 is 1.20 bits per heavy atom. The number of aromatic nitrogens is 3. The maximum Gasteiger partial charge on any atom is 0.207 e. The van der Waals surface area contributed by atoms with Gasteiger partial charge in [-0.1, -0.05) is 6.07 Å². The zero-order valence-corrected chi connectivity index (χ0v) is 12.0. The molecule has 0 spiro atoms. The molecule has 0 saturated heterocycles. The number of fused-ring (bicyclic) bond motifs is 1. The van der Waals surface area contributed by atoms with Crippen molar-refractivity contribution in [2.24, 2.45) is 0 Å². The molecule has 20 heavy (non-hydrogen) atoms. The monoisotopic (exact) mass is 266 g/mol. The van der Waals surface area contributed by atoms with Crippen LogP contribution in [-0.2, 0) is 0 Å². The molecular weight excluding hydrogens is 248 g/mol. The molecule has 102 valence electrons. The maximum atomic E-state index is 4.54. The molecule has 0 amide bonds. The first-order valence-corrected chi connectivity index (χ1v) is 6.81. The number of nitrogens with one attached hydrogen (secondary N) is 1. The van der Waals surface area contributed by atoms with E-state index in [2.05, 4.69) is 52.0 Å². The van der Waals surface area contributed by atoms with Crippen molar-refractivity contribution in [3.8, 4) is 0 Å². The molecule has 0 aliphatic heterocycles.